The number of aryl methyl sites for hydroxylation is 1. The van der Waals surface area contributed by atoms with Gasteiger partial charge in [-0.25, -0.2) is 4.39 Å². The summed E-state index contributed by atoms with van der Waals surface area (Å²) in [6.45, 7) is 3.26. The summed E-state index contributed by atoms with van der Waals surface area (Å²) in [5.74, 6) is -0.0750. The summed E-state index contributed by atoms with van der Waals surface area (Å²) in [5.41, 5.74) is 6.26. The molecule has 4 aromatic rings. The van der Waals surface area contributed by atoms with Crippen molar-refractivity contribution < 1.29 is 19.0 Å². The van der Waals surface area contributed by atoms with Crippen molar-refractivity contribution in [2.45, 2.75) is 50.9 Å². The number of hydrogen-bond acceptors (Lipinski definition) is 3. The van der Waals surface area contributed by atoms with Gasteiger partial charge in [0.05, 0.1) is 17.2 Å². The van der Waals surface area contributed by atoms with E-state index in [-0.39, 0.29) is 18.2 Å². The largest absolute Gasteiger partial charge is 0.481 e. The molecule has 0 bridgehead atoms. The number of rotatable bonds is 5. The summed E-state index contributed by atoms with van der Waals surface area (Å²) in [6, 6.07) is 9.70. The Hall–Kier alpha value is -3.19. The lowest BCUT2D eigenvalue weighted by atomic mass is 9.68. The molecule has 2 aromatic carbocycles. The molecule has 1 aliphatic carbocycles. The van der Waals surface area contributed by atoms with Gasteiger partial charge in [-0.2, -0.15) is 5.10 Å². The molecule has 0 spiro atoms. The number of ether oxygens (including phenoxy) is 1. The lowest BCUT2D eigenvalue weighted by Gasteiger charge is -2.37. The molecule has 0 atom stereocenters. The Morgan fingerprint density at radius 1 is 1.21 bits per heavy atom. The van der Waals surface area contributed by atoms with E-state index in [2.05, 4.69) is 26.9 Å². The number of benzene rings is 2. The molecule has 2 N–H and O–H groups in total. The van der Waals surface area contributed by atoms with Crippen LogP contribution in [0.15, 0.2) is 36.5 Å². The molecule has 7 heteroatoms. The van der Waals surface area contributed by atoms with Crippen molar-refractivity contribution in [2.24, 2.45) is 5.92 Å². The smallest absolute Gasteiger partial charge is 0.303 e. The van der Waals surface area contributed by atoms with Crippen molar-refractivity contribution in [1.29, 1.82) is 0 Å². The molecule has 6 nitrogen and oxygen atoms in total. The highest BCUT2D eigenvalue weighted by Crippen LogP contribution is 2.51. The second-order valence-corrected chi connectivity index (χ2v) is 9.91. The monoisotopic (exact) mass is 461 g/mol. The van der Waals surface area contributed by atoms with Crippen LogP contribution in [-0.2, 0) is 9.53 Å². The zero-order valence-corrected chi connectivity index (χ0v) is 19.2. The number of fused-ring (bicyclic) bond motifs is 2. The number of halogens is 1. The van der Waals surface area contributed by atoms with E-state index < -0.39 is 5.97 Å². The molecule has 1 saturated carbocycles. The maximum Gasteiger partial charge on any atom is 0.303 e. The van der Waals surface area contributed by atoms with Crippen molar-refractivity contribution in [3.63, 3.8) is 0 Å². The number of nitrogens with zero attached hydrogens (tertiary/aromatic N) is 2. The van der Waals surface area contributed by atoms with Crippen LogP contribution >= 0.6 is 0 Å². The van der Waals surface area contributed by atoms with Crippen LogP contribution in [0.2, 0.25) is 0 Å². The minimum Gasteiger partial charge on any atom is -0.481 e. The van der Waals surface area contributed by atoms with Crippen LogP contribution in [0.1, 0.15) is 60.8 Å². The Morgan fingerprint density at radius 3 is 2.74 bits per heavy atom. The summed E-state index contributed by atoms with van der Waals surface area (Å²) in [4.78, 5) is 11.3. The van der Waals surface area contributed by atoms with Crippen LogP contribution < -0.4 is 0 Å². The van der Waals surface area contributed by atoms with E-state index in [1.54, 1.807) is 13.0 Å². The van der Waals surface area contributed by atoms with Crippen molar-refractivity contribution in [3.8, 4) is 5.69 Å². The summed E-state index contributed by atoms with van der Waals surface area (Å²) in [5, 5.41) is 18.8. The van der Waals surface area contributed by atoms with Gasteiger partial charge in [-0.15, -0.1) is 0 Å². The molecule has 0 radical (unpaired) electrons. The first-order chi connectivity index (χ1) is 16.5. The minimum atomic E-state index is -0.725. The van der Waals surface area contributed by atoms with E-state index >= 15 is 0 Å². The fraction of sp³-hybridized carbons (Fsp3) is 0.407. The number of aromatic amines is 1. The topological polar surface area (TPSA) is 80.1 Å². The SMILES string of the molecule is Cc1cc(-n2c(C3CCOCC3)c([C@H]3C[C@@H](CC(=O)O)C3)c3cc4[nH]ncc4cc32)ccc1F. The number of H-pyrrole nitrogens is 1. The zero-order valence-electron chi connectivity index (χ0n) is 19.2. The summed E-state index contributed by atoms with van der Waals surface area (Å²) in [7, 11) is 0. The first-order valence-corrected chi connectivity index (χ1v) is 12.1. The van der Waals surface area contributed by atoms with Crippen LogP contribution in [0.4, 0.5) is 4.39 Å². The average Bonchev–Trinajstić information content (AvgIpc) is 3.38. The third-order valence-electron chi connectivity index (χ3n) is 7.72. The van der Waals surface area contributed by atoms with E-state index in [0.29, 0.717) is 17.4 Å². The predicted octanol–water partition coefficient (Wildman–Crippen LogP) is 5.82. The van der Waals surface area contributed by atoms with Crippen LogP contribution in [0, 0.1) is 18.7 Å². The van der Waals surface area contributed by atoms with Gasteiger partial charge in [-0.1, -0.05) is 0 Å². The van der Waals surface area contributed by atoms with Gasteiger partial charge in [-0.3, -0.25) is 9.89 Å². The van der Waals surface area contributed by atoms with E-state index in [4.69, 9.17) is 4.74 Å². The van der Waals surface area contributed by atoms with E-state index in [0.717, 1.165) is 61.0 Å². The minimum absolute atomic E-state index is 0.208. The fourth-order valence-electron chi connectivity index (χ4n) is 6.00. The van der Waals surface area contributed by atoms with Crippen molar-refractivity contribution in [3.05, 3.63) is 59.2 Å². The van der Waals surface area contributed by atoms with Crippen molar-refractivity contribution >= 4 is 27.8 Å². The number of carbonyl (C=O) groups is 1. The van der Waals surface area contributed by atoms with Gasteiger partial charge in [0.25, 0.3) is 0 Å². The van der Waals surface area contributed by atoms with E-state index in [9.17, 15) is 14.3 Å². The number of hydrogen-bond donors (Lipinski definition) is 2. The van der Waals surface area contributed by atoms with Gasteiger partial charge in [0.1, 0.15) is 5.82 Å². The fourth-order valence-corrected chi connectivity index (χ4v) is 6.00. The molecular weight excluding hydrogens is 433 g/mol. The third-order valence-corrected chi connectivity index (χ3v) is 7.72. The average molecular weight is 462 g/mol. The summed E-state index contributed by atoms with van der Waals surface area (Å²) < 4.78 is 22.2. The van der Waals surface area contributed by atoms with Gasteiger partial charge in [0, 0.05) is 47.7 Å². The third kappa shape index (κ3) is 3.50. The molecule has 2 aliphatic rings. The van der Waals surface area contributed by atoms with Crippen molar-refractivity contribution in [2.75, 3.05) is 13.2 Å². The Balaban J connectivity index is 1.60. The standard InChI is InChI=1S/C27H28FN3O3/c1-15-8-20(2-3-22(15)28)31-24-12-19-14-29-30-23(19)13-21(24)26(18-9-16(10-18)11-25(32)33)27(31)17-4-6-34-7-5-17/h2-3,8,12-14,16-18H,4-7,9-11H2,1H3,(H,29,30)(H,32,33)/t16-,18+. The quantitative estimate of drug-likeness (QED) is 0.393. The molecule has 3 heterocycles. The molecular formula is C27H28FN3O3. The maximum atomic E-state index is 14.2. The van der Waals surface area contributed by atoms with E-state index in [1.165, 1.54) is 16.6 Å². The molecule has 176 valence electrons. The van der Waals surface area contributed by atoms with Crippen molar-refractivity contribution in [1.82, 2.24) is 14.8 Å². The molecule has 2 aromatic heterocycles. The van der Waals surface area contributed by atoms with Gasteiger partial charge in [-0.05, 0) is 85.9 Å². The van der Waals surface area contributed by atoms with Gasteiger partial charge >= 0.3 is 5.97 Å². The highest BCUT2D eigenvalue weighted by atomic mass is 19.1. The number of carboxylic acid groups (broad SMARTS) is 1. The number of aliphatic carboxylic acids is 1. The molecule has 1 saturated heterocycles. The zero-order chi connectivity index (χ0) is 23.4. The van der Waals surface area contributed by atoms with Crippen LogP contribution in [-0.4, -0.2) is 39.1 Å². The first-order valence-electron chi connectivity index (χ1n) is 12.1. The number of aromatic nitrogens is 3. The second kappa shape index (κ2) is 8.24. The second-order valence-electron chi connectivity index (χ2n) is 9.91. The lowest BCUT2D eigenvalue weighted by Crippen LogP contribution is -2.26. The van der Waals surface area contributed by atoms with Gasteiger partial charge in [0.15, 0.2) is 0 Å². The van der Waals surface area contributed by atoms with Crippen LogP contribution in [0.25, 0.3) is 27.5 Å². The summed E-state index contributed by atoms with van der Waals surface area (Å²) >= 11 is 0. The normalized spacial score (nSPS) is 21.2. The van der Waals surface area contributed by atoms with E-state index in [1.807, 2.05) is 18.3 Å². The number of nitrogens with one attached hydrogen (secondary N) is 1. The Morgan fingerprint density at radius 2 is 2.00 bits per heavy atom. The lowest BCUT2D eigenvalue weighted by molar-refractivity contribution is -0.138. The van der Waals surface area contributed by atoms with Crippen LogP contribution in [0.3, 0.4) is 0 Å². The van der Waals surface area contributed by atoms with Gasteiger partial charge in [0.2, 0.25) is 0 Å². The number of carboxylic acids is 1. The highest BCUT2D eigenvalue weighted by Gasteiger charge is 2.38. The first kappa shape index (κ1) is 21.4. The molecule has 0 unspecified atom stereocenters. The Kier molecular flexibility index (Phi) is 5.17. The van der Waals surface area contributed by atoms with Gasteiger partial charge < -0.3 is 14.4 Å². The predicted molar refractivity (Wildman–Crippen MR) is 128 cm³/mol. The highest BCUT2D eigenvalue weighted by molar-refractivity contribution is 5.99. The molecule has 2 fully saturated rings. The van der Waals surface area contributed by atoms with Crippen LogP contribution in [0.5, 0.6) is 0 Å². The maximum absolute atomic E-state index is 14.2. The molecule has 0 amide bonds. The molecule has 6 rings (SSSR count). The Bertz CT molecular complexity index is 1390. The summed E-state index contributed by atoms with van der Waals surface area (Å²) in [6.07, 6.45) is 5.70. The molecule has 34 heavy (non-hydrogen) atoms. The Labute approximate surface area is 196 Å². The molecule has 1 aliphatic heterocycles.